The molecule has 0 bridgehead atoms. The zero-order chi connectivity index (χ0) is 12.6. The molecule has 1 aromatic carbocycles. The van der Waals surface area contributed by atoms with E-state index in [1.165, 1.54) is 0 Å². The average Bonchev–Trinajstić information content (AvgIpc) is 2.61. The number of aromatic nitrogens is 2. The van der Waals surface area contributed by atoms with Crippen LogP contribution in [-0.4, -0.2) is 20.9 Å². The van der Waals surface area contributed by atoms with Crippen LogP contribution in [-0.2, 0) is 7.05 Å². The number of nitrogens with zero attached hydrogens (tertiary/aromatic N) is 2. The Bertz CT molecular complexity index is 590. The van der Waals surface area contributed by atoms with Gasteiger partial charge in [-0.2, -0.15) is 5.10 Å². The van der Waals surface area contributed by atoms with Gasteiger partial charge in [0.2, 0.25) is 0 Å². The van der Waals surface area contributed by atoms with Crippen LogP contribution in [0.2, 0.25) is 0 Å². The predicted octanol–water partition coefficient (Wildman–Crippen LogP) is 2.86. The largest absolute Gasteiger partial charge is 0.476 e. The molecule has 2 aromatic rings. The van der Waals surface area contributed by atoms with E-state index in [1.807, 2.05) is 25.1 Å². The van der Waals surface area contributed by atoms with Gasteiger partial charge in [0.1, 0.15) is 0 Å². The van der Waals surface area contributed by atoms with Crippen molar-refractivity contribution in [2.45, 2.75) is 6.92 Å². The van der Waals surface area contributed by atoms with Crippen LogP contribution in [0, 0.1) is 6.92 Å². The van der Waals surface area contributed by atoms with Gasteiger partial charge in [-0.3, -0.25) is 4.68 Å². The van der Waals surface area contributed by atoms with Gasteiger partial charge >= 0.3 is 5.97 Å². The average molecular weight is 295 g/mol. The minimum atomic E-state index is -1.01. The number of halogens is 1. The zero-order valence-corrected chi connectivity index (χ0v) is 11.0. The van der Waals surface area contributed by atoms with Gasteiger partial charge in [-0.15, -0.1) is 0 Å². The summed E-state index contributed by atoms with van der Waals surface area (Å²) in [6.07, 6.45) is 0. The van der Waals surface area contributed by atoms with E-state index < -0.39 is 5.97 Å². The van der Waals surface area contributed by atoms with Crippen molar-refractivity contribution < 1.29 is 9.90 Å². The second-order valence-electron chi connectivity index (χ2n) is 3.80. The highest BCUT2D eigenvalue weighted by atomic mass is 79.9. The van der Waals surface area contributed by atoms with Gasteiger partial charge in [0.05, 0.1) is 5.69 Å². The van der Waals surface area contributed by atoms with Crippen LogP contribution >= 0.6 is 15.9 Å². The highest BCUT2D eigenvalue weighted by Crippen LogP contribution is 2.26. The Morgan fingerprint density at radius 2 is 2.12 bits per heavy atom. The van der Waals surface area contributed by atoms with E-state index in [2.05, 4.69) is 21.0 Å². The summed E-state index contributed by atoms with van der Waals surface area (Å²) >= 11 is 3.40. The molecule has 0 aliphatic carbocycles. The Kier molecular flexibility index (Phi) is 3.02. The lowest BCUT2D eigenvalue weighted by Gasteiger charge is -2.06. The molecule has 17 heavy (non-hydrogen) atoms. The standard InChI is InChI=1S/C12H11BrN2O2/c1-7-5-8(13)3-4-9(7)11-6-10(12(16)17)14-15(11)2/h3-6H,1-2H3,(H,16,17). The van der Waals surface area contributed by atoms with Crippen molar-refractivity contribution in [1.82, 2.24) is 9.78 Å². The summed E-state index contributed by atoms with van der Waals surface area (Å²) in [4.78, 5) is 10.9. The molecule has 0 saturated heterocycles. The molecule has 88 valence electrons. The lowest BCUT2D eigenvalue weighted by Crippen LogP contribution is -1.99. The lowest BCUT2D eigenvalue weighted by molar-refractivity contribution is 0.0689. The van der Waals surface area contributed by atoms with Crippen LogP contribution in [0.4, 0.5) is 0 Å². The van der Waals surface area contributed by atoms with Gasteiger partial charge in [0.25, 0.3) is 0 Å². The summed E-state index contributed by atoms with van der Waals surface area (Å²) in [5, 5.41) is 12.9. The van der Waals surface area contributed by atoms with Crippen molar-refractivity contribution in [3.05, 3.63) is 40.0 Å². The fourth-order valence-electron chi connectivity index (χ4n) is 1.74. The molecule has 0 atom stereocenters. The normalized spacial score (nSPS) is 10.5. The Labute approximate surface area is 107 Å². The van der Waals surface area contributed by atoms with Gasteiger partial charge in [0.15, 0.2) is 5.69 Å². The molecule has 0 aliphatic heterocycles. The minimum Gasteiger partial charge on any atom is -0.476 e. The van der Waals surface area contributed by atoms with Crippen molar-refractivity contribution in [2.75, 3.05) is 0 Å². The fourth-order valence-corrected chi connectivity index (χ4v) is 2.21. The van der Waals surface area contributed by atoms with Crippen LogP contribution in [0.5, 0.6) is 0 Å². The van der Waals surface area contributed by atoms with Gasteiger partial charge < -0.3 is 5.11 Å². The third-order valence-corrected chi connectivity index (χ3v) is 3.06. The Balaban J connectivity index is 2.56. The van der Waals surface area contributed by atoms with E-state index in [9.17, 15) is 4.79 Å². The molecule has 1 N–H and O–H groups in total. The van der Waals surface area contributed by atoms with Crippen molar-refractivity contribution in [1.29, 1.82) is 0 Å². The van der Waals surface area contributed by atoms with Crippen LogP contribution in [0.25, 0.3) is 11.3 Å². The molecule has 4 nitrogen and oxygen atoms in total. The van der Waals surface area contributed by atoms with Gasteiger partial charge in [-0.1, -0.05) is 22.0 Å². The van der Waals surface area contributed by atoms with E-state index in [1.54, 1.807) is 17.8 Å². The van der Waals surface area contributed by atoms with E-state index in [-0.39, 0.29) is 5.69 Å². The minimum absolute atomic E-state index is 0.0600. The highest BCUT2D eigenvalue weighted by Gasteiger charge is 2.13. The number of rotatable bonds is 2. The summed E-state index contributed by atoms with van der Waals surface area (Å²) in [7, 11) is 1.74. The van der Waals surface area contributed by atoms with Gasteiger partial charge in [-0.25, -0.2) is 4.79 Å². The highest BCUT2D eigenvalue weighted by molar-refractivity contribution is 9.10. The molecule has 0 unspecified atom stereocenters. The van der Waals surface area contributed by atoms with E-state index in [4.69, 9.17) is 5.11 Å². The smallest absolute Gasteiger partial charge is 0.356 e. The second-order valence-corrected chi connectivity index (χ2v) is 4.72. The third kappa shape index (κ3) is 2.24. The molecule has 0 amide bonds. The van der Waals surface area contributed by atoms with Crippen LogP contribution < -0.4 is 0 Å². The Morgan fingerprint density at radius 1 is 1.41 bits per heavy atom. The maximum Gasteiger partial charge on any atom is 0.356 e. The second kappa shape index (κ2) is 4.33. The Morgan fingerprint density at radius 3 is 2.65 bits per heavy atom. The van der Waals surface area contributed by atoms with Crippen molar-refractivity contribution >= 4 is 21.9 Å². The maximum absolute atomic E-state index is 10.9. The van der Waals surface area contributed by atoms with Gasteiger partial charge in [-0.05, 0) is 30.7 Å². The fraction of sp³-hybridized carbons (Fsp3) is 0.167. The predicted molar refractivity (Wildman–Crippen MR) is 68.0 cm³/mol. The molecule has 2 rings (SSSR count). The topological polar surface area (TPSA) is 55.1 Å². The quantitative estimate of drug-likeness (QED) is 0.927. The summed E-state index contributed by atoms with van der Waals surface area (Å²) < 4.78 is 2.58. The third-order valence-electron chi connectivity index (χ3n) is 2.56. The zero-order valence-electron chi connectivity index (χ0n) is 9.44. The van der Waals surface area contributed by atoms with Crippen molar-refractivity contribution in [3.8, 4) is 11.3 Å². The lowest BCUT2D eigenvalue weighted by atomic mass is 10.1. The first kappa shape index (κ1) is 11.9. The molecule has 0 radical (unpaired) electrons. The van der Waals surface area contributed by atoms with E-state index in [0.717, 1.165) is 21.3 Å². The molecule has 5 heteroatoms. The number of hydrogen-bond acceptors (Lipinski definition) is 2. The number of benzene rings is 1. The van der Waals surface area contributed by atoms with Crippen LogP contribution in [0.1, 0.15) is 16.1 Å². The molecule has 0 fully saturated rings. The number of carboxylic acids is 1. The van der Waals surface area contributed by atoms with Crippen molar-refractivity contribution in [2.24, 2.45) is 7.05 Å². The van der Waals surface area contributed by atoms with E-state index in [0.29, 0.717) is 0 Å². The first-order valence-corrected chi connectivity index (χ1v) is 5.82. The van der Waals surface area contributed by atoms with E-state index >= 15 is 0 Å². The number of hydrogen-bond donors (Lipinski definition) is 1. The number of aromatic carboxylic acids is 1. The van der Waals surface area contributed by atoms with Crippen LogP contribution in [0.3, 0.4) is 0 Å². The molecule has 0 spiro atoms. The number of carboxylic acid groups (broad SMARTS) is 1. The molecular weight excluding hydrogens is 284 g/mol. The van der Waals surface area contributed by atoms with Crippen molar-refractivity contribution in [3.63, 3.8) is 0 Å². The van der Waals surface area contributed by atoms with Gasteiger partial charge in [0, 0.05) is 17.1 Å². The number of carbonyl (C=O) groups is 1. The molecule has 1 aromatic heterocycles. The summed E-state index contributed by atoms with van der Waals surface area (Å²) in [6.45, 7) is 1.98. The summed E-state index contributed by atoms with van der Waals surface area (Å²) in [6, 6.07) is 7.44. The first-order valence-electron chi connectivity index (χ1n) is 5.03. The summed E-state index contributed by atoms with van der Waals surface area (Å²) in [5.74, 6) is -1.01. The molecular formula is C12H11BrN2O2. The maximum atomic E-state index is 10.9. The SMILES string of the molecule is Cc1cc(Br)ccc1-c1cc(C(=O)O)nn1C. The number of aryl methyl sites for hydroxylation is 2. The summed E-state index contributed by atoms with van der Waals surface area (Å²) in [5.41, 5.74) is 2.91. The molecule has 0 aliphatic rings. The molecule has 0 saturated carbocycles. The first-order chi connectivity index (χ1) is 7.99. The monoisotopic (exact) mass is 294 g/mol. The Hall–Kier alpha value is -1.62. The molecule has 1 heterocycles. The van der Waals surface area contributed by atoms with Crippen LogP contribution in [0.15, 0.2) is 28.7 Å².